The van der Waals surface area contributed by atoms with Gasteiger partial charge in [-0.25, -0.2) is 0 Å². The van der Waals surface area contributed by atoms with Gasteiger partial charge >= 0.3 is 0 Å². The topological polar surface area (TPSA) is 34.4 Å². The second-order valence-electron chi connectivity index (χ2n) is 4.73. The van der Waals surface area contributed by atoms with Crippen molar-refractivity contribution in [2.24, 2.45) is 4.99 Å². The summed E-state index contributed by atoms with van der Waals surface area (Å²) < 4.78 is 4.10. The Morgan fingerprint density at radius 2 is 2.18 bits per heavy atom. The molecule has 1 aromatic carbocycles. The minimum absolute atomic E-state index is 0.210. The summed E-state index contributed by atoms with van der Waals surface area (Å²) in [4.78, 5) is 18.0. The van der Waals surface area contributed by atoms with Crippen molar-refractivity contribution in [3.63, 3.8) is 0 Å². The van der Waals surface area contributed by atoms with Crippen LogP contribution in [0.2, 0.25) is 0 Å². The lowest BCUT2D eigenvalue weighted by molar-refractivity contribution is 0.100. The van der Waals surface area contributed by atoms with E-state index in [9.17, 15) is 4.79 Å². The van der Waals surface area contributed by atoms with Crippen LogP contribution in [0.15, 0.2) is 51.8 Å². The molecule has 0 aliphatic heterocycles. The third kappa shape index (κ3) is 2.86. The highest BCUT2D eigenvalue weighted by atomic mass is 79.9. The molecule has 22 heavy (non-hydrogen) atoms. The van der Waals surface area contributed by atoms with Crippen molar-refractivity contribution in [1.82, 2.24) is 4.57 Å². The fraction of sp³-hybridized carbons (Fsp3) is 0.125. The van der Waals surface area contributed by atoms with Gasteiger partial charge in [-0.1, -0.05) is 29.5 Å². The molecule has 0 bridgehead atoms. The zero-order chi connectivity index (χ0) is 15.7. The summed E-state index contributed by atoms with van der Waals surface area (Å²) in [5.74, 6) is -0.210. The van der Waals surface area contributed by atoms with Gasteiger partial charge in [-0.3, -0.25) is 4.79 Å². The summed E-state index contributed by atoms with van der Waals surface area (Å²) in [6, 6.07) is 9.79. The molecule has 0 N–H and O–H groups in total. The van der Waals surface area contributed by atoms with Crippen LogP contribution in [0.5, 0.6) is 0 Å². The fourth-order valence-corrected chi connectivity index (χ4v) is 4.65. The number of allylic oxidation sites excluding steroid dienone is 1. The average molecular weight is 393 g/mol. The molecule has 0 fully saturated rings. The van der Waals surface area contributed by atoms with Crippen LogP contribution in [-0.4, -0.2) is 10.5 Å². The van der Waals surface area contributed by atoms with Crippen molar-refractivity contribution in [2.75, 3.05) is 0 Å². The lowest BCUT2D eigenvalue weighted by Crippen LogP contribution is -2.16. The standard InChI is InChI=1S/C16H13BrN2OS2/c1-3-9-19-14-10(2)5-4-6-11(14)22-16(19)18-15(20)12-7-8-13(17)21-12/h3-8H,1,9H2,2H3. The maximum absolute atomic E-state index is 12.3. The Bertz CT molecular complexity index is 933. The smallest absolute Gasteiger partial charge is 0.289 e. The molecule has 0 unspecified atom stereocenters. The predicted molar refractivity (Wildman–Crippen MR) is 96.7 cm³/mol. The largest absolute Gasteiger partial charge is 0.312 e. The van der Waals surface area contributed by atoms with E-state index in [0.29, 0.717) is 16.2 Å². The van der Waals surface area contributed by atoms with Gasteiger partial charge in [0.25, 0.3) is 5.91 Å². The molecule has 3 nitrogen and oxygen atoms in total. The number of aryl methyl sites for hydroxylation is 1. The summed E-state index contributed by atoms with van der Waals surface area (Å²) in [5, 5.41) is 0. The Morgan fingerprint density at radius 1 is 1.36 bits per heavy atom. The number of rotatable bonds is 3. The Morgan fingerprint density at radius 3 is 2.86 bits per heavy atom. The lowest BCUT2D eigenvalue weighted by atomic mass is 10.2. The molecule has 1 amide bonds. The molecule has 0 saturated carbocycles. The van der Waals surface area contributed by atoms with Gasteiger partial charge in [0, 0.05) is 6.54 Å². The van der Waals surface area contributed by atoms with E-state index in [4.69, 9.17) is 0 Å². The van der Waals surface area contributed by atoms with Crippen LogP contribution in [0.3, 0.4) is 0 Å². The summed E-state index contributed by atoms with van der Waals surface area (Å²) in [6.45, 7) is 6.50. The Labute approximate surface area is 144 Å². The number of fused-ring (bicyclic) bond motifs is 1. The Balaban J connectivity index is 2.19. The highest BCUT2D eigenvalue weighted by Crippen LogP contribution is 2.23. The Kier molecular flexibility index (Phi) is 4.42. The van der Waals surface area contributed by atoms with E-state index >= 15 is 0 Å². The van der Waals surface area contributed by atoms with Crippen LogP contribution < -0.4 is 4.80 Å². The van der Waals surface area contributed by atoms with Crippen LogP contribution in [0, 0.1) is 6.92 Å². The molecule has 0 aliphatic rings. The molecule has 0 radical (unpaired) electrons. The number of benzene rings is 1. The van der Waals surface area contributed by atoms with Crippen molar-refractivity contribution in [3.05, 3.63) is 62.0 Å². The van der Waals surface area contributed by atoms with Gasteiger partial charge in [0.2, 0.25) is 0 Å². The molecule has 6 heteroatoms. The maximum atomic E-state index is 12.3. The van der Waals surface area contributed by atoms with Crippen molar-refractivity contribution in [1.29, 1.82) is 0 Å². The van der Waals surface area contributed by atoms with E-state index in [2.05, 4.69) is 46.6 Å². The molecule has 0 aliphatic carbocycles. The minimum atomic E-state index is -0.210. The van der Waals surface area contributed by atoms with E-state index in [1.165, 1.54) is 28.2 Å². The molecular formula is C16H13BrN2OS2. The molecular weight excluding hydrogens is 380 g/mol. The third-order valence-electron chi connectivity index (χ3n) is 3.20. The molecule has 3 aromatic rings. The quantitative estimate of drug-likeness (QED) is 0.591. The number of carbonyl (C=O) groups excluding carboxylic acids is 1. The molecule has 3 rings (SSSR count). The van der Waals surface area contributed by atoms with E-state index in [-0.39, 0.29) is 5.91 Å². The van der Waals surface area contributed by atoms with Gasteiger partial charge in [0.15, 0.2) is 4.80 Å². The van der Waals surface area contributed by atoms with Crippen molar-refractivity contribution in [2.45, 2.75) is 13.5 Å². The molecule has 0 saturated heterocycles. The summed E-state index contributed by atoms with van der Waals surface area (Å²) in [6.07, 6.45) is 1.82. The number of thiazole rings is 1. The van der Waals surface area contributed by atoms with Crippen LogP contribution >= 0.6 is 38.6 Å². The second-order valence-corrected chi connectivity index (χ2v) is 8.20. The van der Waals surface area contributed by atoms with Gasteiger partial charge in [0.05, 0.1) is 18.9 Å². The first-order valence-corrected chi connectivity index (χ1v) is 9.07. The Hall–Kier alpha value is -1.50. The van der Waals surface area contributed by atoms with Crippen LogP contribution in [0.25, 0.3) is 10.2 Å². The number of nitrogens with zero attached hydrogens (tertiary/aromatic N) is 2. The van der Waals surface area contributed by atoms with Gasteiger partial charge < -0.3 is 4.57 Å². The number of thiophene rings is 1. The number of hydrogen-bond donors (Lipinski definition) is 0. The van der Waals surface area contributed by atoms with Crippen LogP contribution in [-0.2, 0) is 6.54 Å². The van der Waals surface area contributed by atoms with Gasteiger partial charge in [-0.05, 0) is 46.6 Å². The highest BCUT2D eigenvalue weighted by molar-refractivity contribution is 9.11. The van der Waals surface area contributed by atoms with Gasteiger partial charge in [-0.15, -0.1) is 17.9 Å². The van der Waals surface area contributed by atoms with Gasteiger partial charge in [-0.2, -0.15) is 4.99 Å². The number of halogens is 1. The molecule has 2 aromatic heterocycles. The molecule has 0 atom stereocenters. The first kappa shape index (κ1) is 15.4. The van der Waals surface area contributed by atoms with Gasteiger partial charge in [0.1, 0.15) is 0 Å². The predicted octanol–water partition coefficient (Wildman–Crippen LogP) is 4.76. The first-order valence-electron chi connectivity index (χ1n) is 6.64. The molecule has 2 heterocycles. The molecule has 112 valence electrons. The second kappa shape index (κ2) is 6.32. The summed E-state index contributed by atoms with van der Waals surface area (Å²) in [7, 11) is 0. The van der Waals surface area contributed by atoms with E-state index < -0.39 is 0 Å². The fourth-order valence-electron chi connectivity index (χ4n) is 2.26. The number of para-hydroxylation sites is 1. The summed E-state index contributed by atoms with van der Waals surface area (Å²) in [5.41, 5.74) is 2.29. The zero-order valence-electron chi connectivity index (χ0n) is 11.9. The molecule has 0 spiro atoms. The number of hydrogen-bond acceptors (Lipinski definition) is 3. The summed E-state index contributed by atoms with van der Waals surface area (Å²) >= 11 is 6.29. The minimum Gasteiger partial charge on any atom is -0.312 e. The maximum Gasteiger partial charge on any atom is 0.289 e. The number of carbonyl (C=O) groups is 1. The van der Waals surface area contributed by atoms with E-state index in [1.807, 2.05) is 22.8 Å². The van der Waals surface area contributed by atoms with Crippen molar-refractivity contribution >= 4 is 54.7 Å². The average Bonchev–Trinajstić information content (AvgIpc) is 3.05. The highest BCUT2D eigenvalue weighted by Gasteiger charge is 2.11. The normalized spacial score (nSPS) is 12.0. The monoisotopic (exact) mass is 392 g/mol. The van der Waals surface area contributed by atoms with Crippen molar-refractivity contribution in [3.8, 4) is 0 Å². The number of aromatic nitrogens is 1. The lowest BCUT2D eigenvalue weighted by Gasteiger charge is -2.03. The van der Waals surface area contributed by atoms with Crippen LogP contribution in [0.4, 0.5) is 0 Å². The third-order valence-corrected chi connectivity index (χ3v) is 5.85. The number of amides is 1. The van der Waals surface area contributed by atoms with Crippen molar-refractivity contribution < 1.29 is 4.79 Å². The first-order chi connectivity index (χ1) is 10.6. The van der Waals surface area contributed by atoms with E-state index in [1.54, 1.807) is 6.07 Å². The zero-order valence-corrected chi connectivity index (χ0v) is 15.1. The SMILES string of the molecule is C=CCn1c(=NC(=O)c2ccc(Br)s2)sc2cccc(C)c21. The van der Waals surface area contributed by atoms with Crippen LogP contribution in [0.1, 0.15) is 15.2 Å². The van der Waals surface area contributed by atoms with E-state index in [0.717, 1.165) is 14.0 Å².